The number of nitrogens with zero attached hydrogens (tertiary/aromatic N) is 1. The Hall–Kier alpha value is -1.59. The standard InChI is InChI=1S/C15H20N2O2S/c1-9-10(2)20-15(17-9)8-12(16)11-5-6-13(18-3)14(7-11)19-4/h5-7,12H,8,16H2,1-4H3. The van der Waals surface area contributed by atoms with Crippen molar-refractivity contribution < 1.29 is 9.47 Å². The first-order chi connectivity index (χ1) is 9.55. The van der Waals surface area contributed by atoms with Crippen LogP contribution in [-0.2, 0) is 6.42 Å². The van der Waals surface area contributed by atoms with E-state index in [1.807, 2.05) is 25.1 Å². The highest BCUT2D eigenvalue weighted by atomic mass is 32.1. The number of nitrogens with two attached hydrogens (primary N) is 1. The molecule has 2 aromatic rings. The number of aromatic nitrogens is 1. The van der Waals surface area contributed by atoms with Crippen LogP contribution in [-0.4, -0.2) is 19.2 Å². The maximum Gasteiger partial charge on any atom is 0.161 e. The summed E-state index contributed by atoms with van der Waals surface area (Å²) in [4.78, 5) is 5.78. The lowest BCUT2D eigenvalue weighted by atomic mass is 10.0. The second-order valence-electron chi connectivity index (χ2n) is 4.67. The Labute approximate surface area is 123 Å². The lowest BCUT2D eigenvalue weighted by Gasteiger charge is -2.14. The predicted octanol–water partition coefficient (Wildman–Crippen LogP) is 3.02. The molecule has 0 saturated heterocycles. The molecule has 0 radical (unpaired) electrons. The summed E-state index contributed by atoms with van der Waals surface area (Å²) in [6, 6.07) is 5.68. The van der Waals surface area contributed by atoms with Gasteiger partial charge in [-0.05, 0) is 31.5 Å². The van der Waals surface area contributed by atoms with Gasteiger partial charge in [0, 0.05) is 17.3 Å². The van der Waals surface area contributed by atoms with Gasteiger partial charge in [-0.1, -0.05) is 6.07 Å². The quantitative estimate of drug-likeness (QED) is 0.920. The Morgan fingerprint density at radius 1 is 1.20 bits per heavy atom. The number of hydrogen-bond acceptors (Lipinski definition) is 5. The molecular formula is C15H20N2O2S. The minimum atomic E-state index is -0.0974. The molecule has 5 heteroatoms. The topological polar surface area (TPSA) is 57.4 Å². The van der Waals surface area contributed by atoms with Crippen LogP contribution in [0, 0.1) is 13.8 Å². The van der Waals surface area contributed by atoms with Gasteiger partial charge in [-0.2, -0.15) is 0 Å². The molecule has 0 saturated carbocycles. The monoisotopic (exact) mass is 292 g/mol. The highest BCUT2D eigenvalue weighted by Crippen LogP contribution is 2.30. The minimum absolute atomic E-state index is 0.0974. The number of ether oxygens (including phenoxy) is 2. The second-order valence-corrected chi connectivity index (χ2v) is 5.96. The van der Waals surface area contributed by atoms with Gasteiger partial charge < -0.3 is 15.2 Å². The van der Waals surface area contributed by atoms with E-state index in [0.717, 1.165) is 22.7 Å². The molecule has 0 fully saturated rings. The van der Waals surface area contributed by atoms with Gasteiger partial charge in [-0.25, -0.2) is 4.98 Å². The molecule has 0 bridgehead atoms. The maximum absolute atomic E-state index is 6.27. The lowest BCUT2D eigenvalue weighted by Crippen LogP contribution is -2.13. The Morgan fingerprint density at radius 3 is 2.45 bits per heavy atom. The number of methoxy groups -OCH3 is 2. The summed E-state index contributed by atoms with van der Waals surface area (Å²) in [7, 11) is 3.25. The van der Waals surface area contributed by atoms with E-state index in [4.69, 9.17) is 15.2 Å². The molecule has 1 aromatic carbocycles. The number of aryl methyl sites for hydroxylation is 2. The molecule has 0 amide bonds. The summed E-state index contributed by atoms with van der Waals surface area (Å²) in [6.07, 6.45) is 0.731. The van der Waals surface area contributed by atoms with Crippen LogP contribution < -0.4 is 15.2 Å². The van der Waals surface area contributed by atoms with E-state index in [1.54, 1.807) is 25.6 Å². The van der Waals surface area contributed by atoms with Crippen molar-refractivity contribution >= 4 is 11.3 Å². The highest BCUT2D eigenvalue weighted by molar-refractivity contribution is 7.11. The van der Waals surface area contributed by atoms with E-state index in [-0.39, 0.29) is 6.04 Å². The van der Waals surface area contributed by atoms with Gasteiger partial charge in [0.05, 0.1) is 24.9 Å². The molecule has 20 heavy (non-hydrogen) atoms. The first-order valence-corrected chi connectivity index (χ1v) is 7.27. The molecule has 1 heterocycles. The number of rotatable bonds is 5. The van der Waals surface area contributed by atoms with Crippen LogP contribution in [0.25, 0.3) is 0 Å². The first kappa shape index (κ1) is 14.8. The van der Waals surface area contributed by atoms with Crippen LogP contribution in [0.3, 0.4) is 0 Å². The van der Waals surface area contributed by atoms with Gasteiger partial charge in [0.1, 0.15) is 0 Å². The molecular weight excluding hydrogens is 272 g/mol. The van der Waals surface area contributed by atoms with Gasteiger partial charge in [-0.15, -0.1) is 11.3 Å². The Balaban J connectivity index is 2.18. The zero-order valence-corrected chi connectivity index (χ0v) is 13.1. The van der Waals surface area contributed by atoms with Crippen molar-refractivity contribution in [3.05, 3.63) is 39.3 Å². The summed E-state index contributed by atoms with van der Waals surface area (Å²) in [5.41, 5.74) is 8.38. The molecule has 0 aliphatic rings. The third-order valence-corrected chi connectivity index (χ3v) is 4.40. The smallest absolute Gasteiger partial charge is 0.161 e. The van der Waals surface area contributed by atoms with Crippen molar-refractivity contribution in [2.75, 3.05) is 14.2 Å². The molecule has 2 N–H and O–H groups in total. The largest absolute Gasteiger partial charge is 0.493 e. The van der Waals surface area contributed by atoms with Crippen LogP contribution in [0.5, 0.6) is 11.5 Å². The van der Waals surface area contributed by atoms with Crippen LogP contribution in [0.1, 0.15) is 27.2 Å². The van der Waals surface area contributed by atoms with Gasteiger partial charge in [0.15, 0.2) is 11.5 Å². The van der Waals surface area contributed by atoms with Gasteiger partial charge in [0.2, 0.25) is 0 Å². The molecule has 1 unspecified atom stereocenters. The highest BCUT2D eigenvalue weighted by Gasteiger charge is 2.13. The van der Waals surface area contributed by atoms with Crippen molar-refractivity contribution in [1.82, 2.24) is 4.98 Å². The Morgan fingerprint density at radius 2 is 1.90 bits per heavy atom. The zero-order valence-electron chi connectivity index (χ0n) is 12.3. The molecule has 1 aromatic heterocycles. The zero-order chi connectivity index (χ0) is 14.7. The molecule has 2 rings (SSSR count). The maximum atomic E-state index is 6.27. The molecule has 0 aliphatic carbocycles. The number of benzene rings is 1. The molecule has 1 atom stereocenters. The van der Waals surface area contributed by atoms with Crippen LogP contribution in [0.2, 0.25) is 0 Å². The van der Waals surface area contributed by atoms with Crippen LogP contribution >= 0.6 is 11.3 Å². The van der Waals surface area contributed by atoms with E-state index in [9.17, 15) is 0 Å². The van der Waals surface area contributed by atoms with Crippen molar-refractivity contribution in [3.8, 4) is 11.5 Å². The SMILES string of the molecule is COc1ccc(C(N)Cc2nc(C)c(C)s2)cc1OC. The molecule has 4 nitrogen and oxygen atoms in total. The van der Waals surface area contributed by atoms with Crippen LogP contribution in [0.4, 0.5) is 0 Å². The van der Waals surface area contributed by atoms with Crippen molar-refractivity contribution in [2.24, 2.45) is 5.73 Å². The van der Waals surface area contributed by atoms with Gasteiger partial charge in [0.25, 0.3) is 0 Å². The lowest BCUT2D eigenvalue weighted by molar-refractivity contribution is 0.354. The fraction of sp³-hybridized carbons (Fsp3) is 0.400. The third-order valence-electron chi connectivity index (χ3n) is 3.30. The van der Waals surface area contributed by atoms with E-state index in [2.05, 4.69) is 11.9 Å². The Kier molecular flexibility index (Phi) is 4.62. The van der Waals surface area contributed by atoms with E-state index in [1.165, 1.54) is 4.88 Å². The Bertz CT molecular complexity index is 576. The summed E-state index contributed by atoms with van der Waals surface area (Å²) in [6.45, 7) is 4.11. The van der Waals surface area contributed by atoms with E-state index >= 15 is 0 Å². The van der Waals surface area contributed by atoms with Crippen molar-refractivity contribution in [3.63, 3.8) is 0 Å². The number of hydrogen-bond donors (Lipinski definition) is 1. The van der Waals surface area contributed by atoms with E-state index in [0.29, 0.717) is 11.5 Å². The summed E-state index contributed by atoms with van der Waals surface area (Å²) >= 11 is 1.71. The number of thiazole rings is 1. The third kappa shape index (κ3) is 3.11. The summed E-state index contributed by atoms with van der Waals surface area (Å²) in [5, 5.41) is 1.07. The second kappa shape index (κ2) is 6.24. The normalized spacial score (nSPS) is 12.2. The summed E-state index contributed by atoms with van der Waals surface area (Å²) in [5.74, 6) is 1.41. The fourth-order valence-electron chi connectivity index (χ4n) is 2.02. The fourth-order valence-corrected chi connectivity index (χ4v) is 3.01. The van der Waals surface area contributed by atoms with Crippen LogP contribution in [0.15, 0.2) is 18.2 Å². The first-order valence-electron chi connectivity index (χ1n) is 6.45. The van der Waals surface area contributed by atoms with Crippen molar-refractivity contribution in [1.29, 1.82) is 0 Å². The molecule has 108 valence electrons. The average molecular weight is 292 g/mol. The molecule has 0 aliphatic heterocycles. The predicted molar refractivity (Wildman–Crippen MR) is 81.8 cm³/mol. The van der Waals surface area contributed by atoms with Crippen molar-refractivity contribution in [2.45, 2.75) is 26.3 Å². The van der Waals surface area contributed by atoms with Gasteiger partial charge >= 0.3 is 0 Å². The van der Waals surface area contributed by atoms with Gasteiger partial charge in [-0.3, -0.25) is 0 Å². The van der Waals surface area contributed by atoms with E-state index < -0.39 is 0 Å². The minimum Gasteiger partial charge on any atom is -0.493 e. The molecule has 0 spiro atoms. The summed E-state index contributed by atoms with van der Waals surface area (Å²) < 4.78 is 10.5. The average Bonchev–Trinajstić information content (AvgIpc) is 2.76.